The van der Waals surface area contributed by atoms with Crippen molar-refractivity contribution in [3.63, 3.8) is 0 Å². The minimum atomic E-state index is -6.87. The first-order chi connectivity index (χ1) is 14.6. The molecule has 3 nitrogen and oxygen atoms in total. The summed E-state index contributed by atoms with van der Waals surface area (Å²) in [5.41, 5.74) is -13.1. The maximum absolute atomic E-state index is 11.4. The fourth-order valence-corrected chi connectivity index (χ4v) is 1.38. The number of nitrogens with zero attached hydrogens (tertiary/aromatic N) is 1. The van der Waals surface area contributed by atoms with Crippen LogP contribution in [0.25, 0.3) is 0 Å². The maximum atomic E-state index is 11.4. The van der Waals surface area contributed by atoms with Crippen molar-refractivity contribution in [2.75, 3.05) is 0 Å². The van der Waals surface area contributed by atoms with Gasteiger partial charge in [-0.3, -0.25) is 0 Å². The Morgan fingerprint density at radius 2 is 0.639 bits per heavy atom. The van der Waals surface area contributed by atoms with E-state index in [1.54, 1.807) is 20.9 Å². The van der Waals surface area contributed by atoms with E-state index in [0.717, 1.165) is 6.42 Å². The second kappa shape index (κ2) is 12.4. The van der Waals surface area contributed by atoms with Crippen LogP contribution in [0.5, 0.6) is 0 Å². The molecule has 0 aromatic carbocycles. The van der Waals surface area contributed by atoms with Crippen molar-refractivity contribution < 1.29 is 110 Å². The van der Waals surface area contributed by atoms with Crippen LogP contribution in [0.3, 0.4) is 0 Å². The second-order valence-corrected chi connectivity index (χ2v) is 7.16. The number of hydrogen-bond acceptors (Lipinski definition) is 3. The normalized spacial score (nSPS) is 14.5. The molecular formula is C14H16F18NNbO2-. The van der Waals surface area contributed by atoms with Gasteiger partial charge in [-0.1, -0.05) is 0 Å². The van der Waals surface area contributed by atoms with Crippen LogP contribution in [0.1, 0.15) is 27.2 Å². The van der Waals surface area contributed by atoms with Crippen molar-refractivity contribution in [3.8, 4) is 0 Å². The SMILES string of the molecule is CCC(C)(C)[N]=[Nb].OC(C(F)(F)F)(C(F)(F)F)C(F)(F)F.OC(C(F)(F)F)(C(F)(F)F)C(F)(F)F.[CH3-]. The quantitative estimate of drug-likeness (QED) is 0.187. The molecule has 22 heteroatoms. The molecule has 0 aliphatic heterocycles. The summed E-state index contributed by atoms with van der Waals surface area (Å²) >= 11 is 1.55. The third-order valence-electron chi connectivity index (χ3n) is 3.60. The van der Waals surface area contributed by atoms with Crippen LogP contribution in [0.15, 0.2) is 3.34 Å². The number of aliphatic hydroxyl groups is 2. The Balaban J connectivity index is -0.000000222. The Morgan fingerprint density at radius 3 is 0.639 bits per heavy atom. The van der Waals surface area contributed by atoms with Gasteiger partial charge in [0.15, 0.2) is 0 Å². The summed E-state index contributed by atoms with van der Waals surface area (Å²) in [7, 11) is 0. The van der Waals surface area contributed by atoms with E-state index in [4.69, 9.17) is 10.2 Å². The number of halogens is 18. The Bertz CT molecular complexity index is 548. The van der Waals surface area contributed by atoms with E-state index < -0.39 is 48.3 Å². The van der Waals surface area contributed by atoms with E-state index in [1.165, 1.54) is 0 Å². The van der Waals surface area contributed by atoms with Gasteiger partial charge in [-0.2, -0.15) is 79.0 Å². The van der Waals surface area contributed by atoms with Crippen molar-refractivity contribution in [2.45, 2.75) is 81.0 Å². The Morgan fingerprint density at radius 1 is 0.500 bits per heavy atom. The van der Waals surface area contributed by atoms with Crippen LogP contribution >= 0.6 is 0 Å². The number of alkyl halides is 18. The van der Waals surface area contributed by atoms with Crippen LogP contribution < -0.4 is 0 Å². The molecule has 0 amide bonds. The first-order valence-corrected chi connectivity index (χ1v) is 8.82. The molecule has 0 bridgehead atoms. The third kappa shape index (κ3) is 9.82. The molecule has 0 rings (SSSR count). The van der Waals surface area contributed by atoms with Crippen LogP contribution in [0.2, 0.25) is 0 Å². The molecule has 221 valence electrons. The minimum Gasteiger partial charge on any atom is -0.367 e. The van der Waals surface area contributed by atoms with Crippen LogP contribution in [0, 0.1) is 7.43 Å². The molecule has 2 N–H and O–H groups in total. The third-order valence-corrected chi connectivity index (χ3v) is 4.93. The van der Waals surface area contributed by atoms with E-state index in [2.05, 4.69) is 24.1 Å². The fraction of sp³-hybridized carbons (Fsp3) is 0.929. The molecule has 0 saturated heterocycles. The Labute approximate surface area is 202 Å². The molecule has 0 unspecified atom stereocenters. The Kier molecular flexibility index (Phi) is 14.5. The molecule has 0 radical (unpaired) electrons. The summed E-state index contributed by atoms with van der Waals surface area (Å²) in [5, 5.41) is 15.3. The largest absolute Gasteiger partial charge is 0.435 e. The van der Waals surface area contributed by atoms with E-state index in [0.29, 0.717) is 0 Å². The zero-order valence-corrected chi connectivity index (χ0v) is 20.0. The van der Waals surface area contributed by atoms with Crippen molar-refractivity contribution in [1.29, 1.82) is 0 Å². The average molecular weight is 665 g/mol. The molecule has 0 aromatic heterocycles. The van der Waals surface area contributed by atoms with Crippen LogP contribution in [-0.2, 0) is 20.9 Å². The van der Waals surface area contributed by atoms with Gasteiger partial charge in [-0.15, -0.1) is 0 Å². The molecule has 36 heavy (non-hydrogen) atoms. The van der Waals surface area contributed by atoms with E-state index in [9.17, 15) is 79.0 Å². The molecular weight excluding hydrogens is 649 g/mol. The van der Waals surface area contributed by atoms with Crippen molar-refractivity contribution in [1.82, 2.24) is 0 Å². The molecule has 0 atom stereocenters. The zero-order chi connectivity index (χ0) is 29.9. The predicted molar refractivity (Wildman–Crippen MR) is 79.4 cm³/mol. The minimum absolute atomic E-state index is 0. The second-order valence-electron chi connectivity index (χ2n) is 6.67. The summed E-state index contributed by atoms with van der Waals surface area (Å²) in [5.74, 6) is 0. The van der Waals surface area contributed by atoms with E-state index >= 15 is 0 Å². The van der Waals surface area contributed by atoms with Gasteiger partial charge in [0.1, 0.15) is 0 Å². The monoisotopic (exact) mass is 665 g/mol. The van der Waals surface area contributed by atoms with Crippen LogP contribution in [-0.4, -0.2) is 64.0 Å². The summed E-state index contributed by atoms with van der Waals surface area (Å²) in [6, 6.07) is 0. The molecule has 0 aliphatic rings. The van der Waals surface area contributed by atoms with Crippen LogP contribution in [0.4, 0.5) is 79.0 Å². The molecule has 0 aliphatic carbocycles. The van der Waals surface area contributed by atoms with Gasteiger partial charge in [-0.05, 0) is 0 Å². The van der Waals surface area contributed by atoms with Crippen molar-refractivity contribution in [3.05, 3.63) is 7.43 Å². The first-order valence-electron chi connectivity index (χ1n) is 7.83. The van der Waals surface area contributed by atoms with E-state index in [-0.39, 0.29) is 13.0 Å². The summed E-state index contributed by atoms with van der Waals surface area (Å²) < 4.78 is 210. The van der Waals surface area contributed by atoms with Gasteiger partial charge in [0, 0.05) is 0 Å². The summed E-state index contributed by atoms with van der Waals surface area (Å²) in [6.45, 7) is 6.44. The average Bonchev–Trinajstić information content (AvgIpc) is 2.55. The smallest absolute Gasteiger partial charge is 0.367 e. The number of rotatable bonds is 2. The van der Waals surface area contributed by atoms with Crippen molar-refractivity contribution >= 4 is 0 Å². The first kappa shape index (κ1) is 42.3. The summed E-state index contributed by atoms with van der Waals surface area (Å²) in [6.07, 6.45) is -40.1. The Hall–Kier alpha value is -0.800. The number of hydrogen-bond donors (Lipinski definition) is 2. The molecule has 0 fully saturated rings. The molecule has 0 heterocycles. The molecule has 0 spiro atoms. The fourth-order valence-electron chi connectivity index (χ4n) is 1.03. The maximum Gasteiger partial charge on any atom is 0.435 e. The van der Waals surface area contributed by atoms with Gasteiger partial charge < -0.3 is 17.6 Å². The van der Waals surface area contributed by atoms with E-state index in [1.807, 2.05) is 0 Å². The van der Waals surface area contributed by atoms with Gasteiger partial charge in [0.25, 0.3) is 0 Å². The predicted octanol–water partition coefficient (Wildman–Crippen LogP) is 7.16. The van der Waals surface area contributed by atoms with Gasteiger partial charge in [0.2, 0.25) is 0 Å². The zero-order valence-electron chi connectivity index (χ0n) is 17.8. The standard InChI is InChI=1S/C5H11N.2C4HF9O.CH3.Nb/c1-4-5(2,3)6;2*5-2(6,7)1(14,3(8,9)10)4(11,12)13;;/h4H2,1-3H3;2*14H;1H3;/q;;;-1;. The molecule has 0 aromatic rings. The van der Waals surface area contributed by atoms with Crippen molar-refractivity contribution in [2.24, 2.45) is 3.34 Å². The molecule has 0 saturated carbocycles. The van der Waals surface area contributed by atoms with Gasteiger partial charge >= 0.3 is 105 Å². The summed E-state index contributed by atoms with van der Waals surface area (Å²) in [4.78, 5) is 0. The van der Waals surface area contributed by atoms with Gasteiger partial charge in [-0.25, -0.2) is 0 Å². The van der Waals surface area contributed by atoms with Gasteiger partial charge in [0.05, 0.1) is 0 Å². The topological polar surface area (TPSA) is 52.8 Å².